The number of carbonyl (C=O) groups is 15. The van der Waals surface area contributed by atoms with Crippen molar-refractivity contribution in [2.45, 2.75) is 293 Å². The largest absolute Gasteiger partial charge is 0.481 e. The van der Waals surface area contributed by atoms with Crippen LogP contribution in [-0.4, -0.2) is 204 Å². The van der Waals surface area contributed by atoms with Crippen LogP contribution in [0.2, 0.25) is 0 Å². The molecule has 2 rings (SSSR count). The van der Waals surface area contributed by atoms with E-state index < -0.39 is 186 Å². The Morgan fingerprint density at radius 3 is 1.26 bits per heavy atom. The zero-order chi connectivity index (χ0) is 85.2. The number of carboxylic acids is 1. The molecule has 0 aliphatic carbocycles. The molecule has 1 aromatic rings. The maximum absolute atomic E-state index is 14.5. The van der Waals surface area contributed by atoms with E-state index in [4.69, 9.17) is 32.8 Å². The van der Waals surface area contributed by atoms with Gasteiger partial charge in [0.25, 0.3) is 5.97 Å². The maximum atomic E-state index is 14.5. The van der Waals surface area contributed by atoms with E-state index in [1.165, 1.54) is 4.90 Å². The molecule has 1 aliphatic heterocycles. The number of primary amides is 1. The van der Waals surface area contributed by atoms with Crippen LogP contribution in [0, 0.1) is 47.3 Å². The van der Waals surface area contributed by atoms with Gasteiger partial charge < -0.3 is 96.7 Å². The van der Waals surface area contributed by atoms with Gasteiger partial charge in [0.05, 0.1) is 19.1 Å². The molecule has 0 radical (unpaired) electrons. The Kier molecular flexibility index (Phi) is 48.1. The molecule has 14 amide bonds. The summed E-state index contributed by atoms with van der Waals surface area (Å²) >= 11 is 0. The first-order valence-corrected chi connectivity index (χ1v) is 40.0. The highest BCUT2D eigenvalue weighted by molar-refractivity contribution is 6.00. The molecule has 33 nitrogen and oxygen atoms in total. The molecule has 21 N–H and O–H groups in total. The van der Waals surface area contributed by atoms with E-state index in [1.807, 2.05) is 120 Å². The van der Waals surface area contributed by atoms with Crippen molar-refractivity contribution in [1.82, 2.24) is 68.7 Å². The number of hydrogen-bond donors (Lipinski definition) is 17. The summed E-state index contributed by atoms with van der Waals surface area (Å²) in [5.41, 5.74) is 24.3. The molecule has 1 aromatic carbocycles. The molecule has 13 unspecified atom stereocenters. The minimum Gasteiger partial charge on any atom is -0.481 e. The Hall–Kier alpha value is -8.85. The maximum Gasteiger partial charge on any atom is 0.300 e. The third kappa shape index (κ3) is 40.1. The quantitative estimate of drug-likeness (QED) is 0.0410. The number of hydrogen-bond acceptors (Lipinski definition) is 18. The van der Waals surface area contributed by atoms with Crippen LogP contribution in [0.1, 0.15) is 220 Å². The van der Waals surface area contributed by atoms with Crippen LogP contribution in [0.5, 0.6) is 0 Å². The molecule has 1 heterocycles. The monoisotopic (exact) mass is 1580 g/mol. The van der Waals surface area contributed by atoms with Crippen molar-refractivity contribution in [3.63, 3.8) is 0 Å². The number of nitrogens with one attached hydrogen (secondary N) is 12. The molecule has 33 heteroatoms. The lowest BCUT2D eigenvalue weighted by atomic mass is 9.95. The minimum absolute atomic E-state index is 0.0153. The van der Waals surface area contributed by atoms with Gasteiger partial charge in [-0.05, 0) is 162 Å². The standard InChI is InChI=1S/C77H135N17O14.C2H4O2/c1-17-50(16)65(93-73(104)59(38-47(10)11)89-74(105)61-30-25-33-94(61)77(108)60(39-48(12)13)91-67(98)52(80)40-51-26-19-18-20-27-51)76(107)90-56(35-44(4)5)69(100)83-41-62(95)84-54(29-22-24-32-79)70(101)88-58(37-46(8)9)72(103)92-64(49(14)15)75(106)86-53(28-21-23-31-78)68(99)82-42-63(96)85-57(36-45(6)7)71(102)87-55(66(81)97)34-43(2)3;1-2(3)4/h18-20,26-27,43-50,52-61,64-65H,17,21-25,28-42,78-80H2,1-16H3,(H2,81,97)(H,82,99)(H,83,100)(H,84,95)(H,85,96)(H,86,106)(H,87,102)(H,88,101)(H,89,105)(H,90,107)(H,91,98)(H,92,103)(H,93,104);1H3,(H,3,4). The predicted octanol–water partition coefficient (Wildman–Crippen LogP) is 1.44. The van der Waals surface area contributed by atoms with Crippen molar-refractivity contribution in [1.29, 1.82) is 0 Å². The average molecular weight is 1580 g/mol. The highest BCUT2D eigenvalue weighted by atomic mass is 16.4. The van der Waals surface area contributed by atoms with Crippen molar-refractivity contribution >= 4 is 88.7 Å². The molecule has 112 heavy (non-hydrogen) atoms. The smallest absolute Gasteiger partial charge is 0.300 e. The highest BCUT2D eigenvalue weighted by Crippen LogP contribution is 2.23. The second kappa shape index (κ2) is 53.2. The van der Waals surface area contributed by atoms with Gasteiger partial charge in [-0.1, -0.05) is 148 Å². The lowest BCUT2D eigenvalue weighted by molar-refractivity contribution is -0.142. The number of nitrogens with two attached hydrogens (primary N) is 4. The summed E-state index contributed by atoms with van der Waals surface area (Å²) < 4.78 is 0. The predicted molar refractivity (Wildman–Crippen MR) is 428 cm³/mol. The summed E-state index contributed by atoms with van der Waals surface area (Å²) in [6.07, 6.45) is 4.42. The fraction of sp³-hybridized carbons (Fsp3) is 0.734. The zero-order valence-corrected chi connectivity index (χ0v) is 69.6. The number of likely N-dealkylation sites (tertiary alicyclic amines) is 1. The lowest BCUT2D eigenvalue weighted by Gasteiger charge is -2.32. The minimum atomic E-state index is -1.26. The topological polar surface area (TPSA) is 528 Å². The first-order valence-electron chi connectivity index (χ1n) is 40.0. The van der Waals surface area contributed by atoms with Gasteiger partial charge in [-0.25, -0.2) is 0 Å². The van der Waals surface area contributed by atoms with Gasteiger partial charge in [0.1, 0.15) is 66.5 Å². The lowest BCUT2D eigenvalue weighted by Crippen LogP contribution is -2.60. The highest BCUT2D eigenvalue weighted by Gasteiger charge is 2.42. The van der Waals surface area contributed by atoms with E-state index >= 15 is 0 Å². The van der Waals surface area contributed by atoms with Crippen molar-refractivity contribution in [3.8, 4) is 0 Å². The molecule has 636 valence electrons. The van der Waals surface area contributed by atoms with E-state index in [0.717, 1.165) is 12.5 Å². The van der Waals surface area contributed by atoms with Crippen LogP contribution in [0.25, 0.3) is 0 Å². The molecule has 0 bridgehead atoms. The molecule has 0 aromatic heterocycles. The van der Waals surface area contributed by atoms with E-state index in [0.29, 0.717) is 44.9 Å². The third-order valence-electron chi connectivity index (χ3n) is 18.6. The Balaban J connectivity index is 0.0000153. The number of carboxylic acid groups (broad SMARTS) is 1. The molecule has 0 spiro atoms. The molecule has 1 saturated heterocycles. The summed E-state index contributed by atoms with van der Waals surface area (Å²) in [5, 5.41) is 40.1. The first kappa shape index (κ1) is 101. The van der Waals surface area contributed by atoms with Gasteiger partial charge in [-0.15, -0.1) is 0 Å². The van der Waals surface area contributed by atoms with Crippen LogP contribution in [-0.2, 0) is 78.3 Å². The fourth-order valence-corrected chi connectivity index (χ4v) is 12.6. The van der Waals surface area contributed by atoms with Crippen LogP contribution in [0.3, 0.4) is 0 Å². The number of benzene rings is 1. The number of aliphatic carboxylic acids is 1. The number of amides is 14. The van der Waals surface area contributed by atoms with Gasteiger partial charge in [0.2, 0.25) is 82.7 Å². The summed E-state index contributed by atoms with van der Waals surface area (Å²) in [6, 6.07) is -4.22. The molecule has 1 aliphatic rings. The number of carbonyl (C=O) groups excluding carboxylic acids is 14. The van der Waals surface area contributed by atoms with Crippen molar-refractivity contribution in [2.75, 3.05) is 32.7 Å². The second-order valence-electron chi connectivity index (χ2n) is 32.4. The van der Waals surface area contributed by atoms with Crippen LogP contribution < -0.4 is 86.7 Å². The fourth-order valence-electron chi connectivity index (χ4n) is 12.6. The van der Waals surface area contributed by atoms with E-state index in [9.17, 15) is 67.1 Å². The van der Waals surface area contributed by atoms with Crippen molar-refractivity contribution in [3.05, 3.63) is 35.9 Å². The van der Waals surface area contributed by atoms with Crippen molar-refractivity contribution in [2.24, 2.45) is 70.3 Å². The van der Waals surface area contributed by atoms with Crippen molar-refractivity contribution < 1.29 is 77.0 Å². The van der Waals surface area contributed by atoms with Crippen LogP contribution in [0.15, 0.2) is 30.3 Å². The number of rotatable bonds is 51. The Bertz CT molecular complexity index is 3170. The van der Waals surface area contributed by atoms with Gasteiger partial charge in [0.15, 0.2) is 0 Å². The SMILES string of the molecule is CC(=O)O.CCC(C)C(NC(=O)C(CC(C)C)NC(=O)C1CCCN1C(=O)C(CC(C)C)NC(=O)C(N)Cc1ccccc1)C(=O)NC(CC(C)C)C(=O)NCC(=O)NC(CCCCN)C(=O)NC(CC(C)C)C(=O)NC(C(=O)NC(CCCCN)C(=O)NCC(=O)NC(CC(C)C)C(=O)NC(CC(C)C)C(N)=O)C(C)C. The zero-order valence-electron chi connectivity index (χ0n) is 69.6. The summed E-state index contributed by atoms with van der Waals surface area (Å²) in [5.74, 6) is -11.9. The van der Waals surface area contributed by atoms with E-state index in [-0.39, 0.29) is 113 Å². The summed E-state index contributed by atoms with van der Waals surface area (Å²) in [4.78, 5) is 205. The van der Waals surface area contributed by atoms with Crippen LogP contribution in [0.4, 0.5) is 0 Å². The first-order chi connectivity index (χ1) is 52.5. The van der Waals surface area contributed by atoms with E-state index in [2.05, 4.69) is 63.8 Å². The molecular weight excluding hydrogens is 1440 g/mol. The summed E-state index contributed by atoms with van der Waals surface area (Å²) in [6.45, 7) is 29.8. The molecule has 13 atom stereocenters. The van der Waals surface area contributed by atoms with Gasteiger partial charge in [-0.2, -0.15) is 0 Å². The Morgan fingerprint density at radius 2 is 0.804 bits per heavy atom. The van der Waals surface area contributed by atoms with E-state index in [1.54, 1.807) is 20.8 Å². The molecular formula is C79H139N17O16. The normalized spacial score (nSPS) is 16.0. The Morgan fingerprint density at radius 1 is 0.446 bits per heavy atom. The Labute approximate surface area is 663 Å². The van der Waals surface area contributed by atoms with Gasteiger partial charge in [0, 0.05) is 13.5 Å². The number of unbranched alkanes of at least 4 members (excludes halogenated alkanes) is 2. The second-order valence-corrected chi connectivity index (χ2v) is 32.4. The van der Waals surface area contributed by atoms with Gasteiger partial charge in [-0.3, -0.25) is 71.9 Å². The van der Waals surface area contributed by atoms with Crippen LogP contribution >= 0.6 is 0 Å². The third-order valence-corrected chi connectivity index (χ3v) is 18.6. The average Bonchev–Trinajstić information content (AvgIpc) is 1.88. The summed E-state index contributed by atoms with van der Waals surface area (Å²) in [7, 11) is 0. The molecule has 0 saturated carbocycles. The number of nitrogens with zero attached hydrogens (tertiary/aromatic N) is 1. The molecule has 1 fully saturated rings. The van der Waals surface area contributed by atoms with Gasteiger partial charge >= 0.3 is 0 Å².